The van der Waals surface area contributed by atoms with Gasteiger partial charge >= 0.3 is 0 Å². The van der Waals surface area contributed by atoms with Gasteiger partial charge in [-0.1, -0.05) is 37.3 Å². The van der Waals surface area contributed by atoms with Crippen LogP contribution in [0.15, 0.2) is 48.5 Å². The van der Waals surface area contributed by atoms with Crippen molar-refractivity contribution in [3.8, 4) is 0 Å². The first-order valence-corrected chi connectivity index (χ1v) is 6.87. The van der Waals surface area contributed by atoms with Crippen molar-refractivity contribution in [2.75, 3.05) is 0 Å². The fraction of sp³-hybridized carbons (Fsp3) is 0.294. The predicted molar refractivity (Wildman–Crippen MR) is 77.4 cm³/mol. The SMILES string of the molecule is CCC(N[C@H](C)c1cccc(F)c1)c1ccccc1F. The zero-order chi connectivity index (χ0) is 14.5. The van der Waals surface area contributed by atoms with Crippen molar-refractivity contribution in [3.05, 3.63) is 71.3 Å². The molecule has 2 rings (SSSR count). The molecule has 1 nitrogen and oxygen atoms in total. The lowest BCUT2D eigenvalue weighted by molar-refractivity contribution is 0.438. The van der Waals surface area contributed by atoms with Crippen LogP contribution in [0.25, 0.3) is 0 Å². The summed E-state index contributed by atoms with van der Waals surface area (Å²) in [6, 6.07) is 13.1. The summed E-state index contributed by atoms with van der Waals surface area (Å²) in [4.78, 5) is 0. The fourth-order valence-corrected chi connectivity index (χ4v) is 2.36. The van der Waals surface area contributed by atoms with Gasteiger partial charge in [-0.05, 0) is 37.1 Å². The van der Waals surface area contributed by atoms with Gasteiger partial charge in [-0.2, -0.15) is 0 Å². The Labute approximate surface area is 118 Å². The Bertz CT molecular complexity index is 568. The number of hydrogen-bond acceptors (Lipinski definition) is 1. The minimum absolute atomic E-state index is 0.0461. The van der Waals surface area contributed by atoms with Crippen molar-refractivity contribution in [3.63, 3.8) is 0 Å². The molecule has 0 aliphatic heterocycles. The molecular weight excluding hydrogens is 256 g/mol. The average Bonchev–Trinajstić information content (AvgIpc) is 2.45. The largest absolute Gasteiger partial charge is 0.303 e. The van der Waals surface area contributed by atoms with Crippen LogP contribution in [0.4, 0.5) is 8.78 Å². The van der Waals surface area contributed by atoms with E-state index in [2.05, 4.69) is 5.32 Å². The second kappa shape index (κ2) is 6.62. The summed E-state index contributed by atoms with van der Waals surface area (Å²) in [7, 11) is 0. The zero-order valence-corrected chi connectivity index (χ0v) is 11.7. The minimum atomic E-state index is -0.255. The van der Waals surface area contributed by atoms with E-state index in [1.54, 1.807) is 18.2 Å². The molecule has 1 N–H and O–H groups in total. The summed E-state index contributed by atoms with van der Waals surface area (Å²) in [5.41, 5.74) is 1.51. The molecule has 0 aliphatic carbocycles. The van der Waals surface area contributed by atoms with E-state index in [0.29, 0.717) is 5.56 Å². The summed E-state index contributed by atoms with van der Waals surface area (Å²) in [5, 5.41) is 3.36. The molecule has 0 bridgehead atoms. The lowest BCUT2D eigenvalue weighted by Gasteiger charge is -2.23. The molecule has 0 aromatic heterocycles. The molecule has 106 valence electrons. The van der Waals surface area contributed by atoms with Gasteiger partial charge in [0.15, 0.2) is 0 Å². The van der Waals surface area contributed by atoms with E-state index in [4.69, 9.17) is 0 Å². The van der Waals surface area contributed by atoms with Gasteiger partial charge in [-0.15, -0.1) is 0 Å². The third-order valence-corrected chi connectivity index (χ3v) is 3.49. The smallest absolute Gasteiger partial charge is 0.127 e. The maximum atomic E-state index is 13.8. The summed E-state index contributed by atoms with van der Waals surface area (Å²) >= 11 is 0. The Hall–Kier alpha value is -1.74. The molecule has 0 heterocycles. The molecule has 0 fully saturated rings. The van der Waals surface area contributed by atoms with Crippen molar-refractivity contribution in [1.82, 2.24) is 5.32 Å². The van der Waals surface area contributed by atoms with Crippen LogP contribution in [0.3, 0.4) is 0 Å². The number of rotatable bonds is 5. The van der Waals surface area contributed by atoms with E-state index in [-0.39, 0.29) is 23.7 Å². The van der Waals surface area contributed by atoms with E-state index >= 15 is 0 Å². The number of hydrogen-bond donors (Lipinski definition) is 1. The second-order valence-corrected chi connectivity index (χ2v) is 4.93. The normalized spacial score (nSPS) is 14.0. The van der Waals surface area contributed by atoms with Crippen molar-refractivity contribution >= 4 is 0 Å². The van der Waals surface area contributed by atoms with Gasteiger partial charge in [0.05, 0.1) is 0 Å². The van der Waals surface area contributed by atoms with Crippen LogP contribution in [-0.2, 0) is 0 Å². The van der Waals surface area contributed by atoms with Crippen LogP contribution < -0.4 is 5.32 Å². The van der Waals surface area contributed by atoms with E-state index in [1.807, 2.05) is 26.0 Å². The van der Waals surface area contributed by atoms with E-state index in [1.165, 1.54) is 18.2 Å². The standard InChI is InChI=1S/C17H19F2N/c1-3-17(15-9-4-5-10-16(15)19)20-12(2)13-7-6-8-14(18)11-13/h4-12,17,20H,3H2,1-2H3/t12-,17?/m1/s1. The van der Waals surface area contributed by atoms with Crippen LogP contribution in [-0.4, -0.2) is 0 Å². The molecule has 20 heavy (non-hydrogen) atoms. The fourth-order valence-electron chi connectivity index (χ4n) is 2.36. The van der Waals surface area contributed by atoms with Crippen LogP contribution >= 0.6 is 0 Å². The van der Waals surface area contributed by atoms with Crippen molar-refractivity contribution in [2.24, 2.45) is 0 Å². The predicted octanol–water partition coefficient (Wildman–Crippen LogP) is 4.77. The first-order valence-electron chi connectivity index (χ1n) is 6.87. The quantitative estimate of drug-likeness (QED) is 0.829. The van der Waals surface area contributed by atoms with Gasteiger partial charge in [-0.3, -0.25) is 0 Å². The van der Waals surface area contributed by atoms with Gasteiger partial charge in [0.2, 0.25) is 0 Å². The summed E-state index contributed by atoms with van der Waals surface area (Å²) in [6.07, 6.45) is 0.764. The molecule has 3 heteroatoms. The third kappa shape index (κ3) is 3.42. The maximum absolute atomic E-state index is 13.8. The molecule has 0 spiro atoms. The Morgan fingerprint density at radius 2 is 1.80 bits per heavy atom. The molecule has 0 aliphatic rings. The summed E-state index contributed by atoms with van der Waals surface area (Å²) < 4.78 is 27.1. The van der Waals surface area contributed by atoms with Gasteiger partial charge in [0, 0.05) is 17.6 Å². The molecule has 1 unspecified atom stereocenters. The molecule has 2 aromatic rings. The van der Waals surface area contributed by atoms with E-state index in [0.717, 1.165) is 12.0 Å². The lowest BCUT2D eigenvalue weighted by Crippen LogP contribution is -2.25. The van der Waals surface area contributed by atoms with Crippen molar-refractivity contribution < 1.29 is 8.78 Å². The Kier molecular flexibility index (Phi) is 4.85. The van der Waals surface area contributed by atoms with Gasteiger partial charge in [-0.25, -0.2) is 8.78 Å². The lowest BCUT2D eigenvalue weighted by atomic mass is 10.0. The summed E-state index contributed by atoms with van der Waals surface area (Å²) in [5.74, 6) is -0.464. The molecule has 0 amide bonds. The highest BCUT2D eigenvalue weighted by Crippen LogP contribution is 2.24. The Morgan fingerprint density at radius 1 is 1.05 bits per heavy atom. The highest BCUT2D eigenvalue weighted by atomic mass is 19.1. The summed E-state index contributed by atoms with van der Waals surface area (Å²) in [6.45, 7) is 3.96. The Morgan fingerprint density at radius 3 is 2.45 bits per heavy atom. The van der Waals surface area contributed by atoms with Crippen LogP contribution in [0.2, 0.25) is 0 Å². The molecule has 2 aromatic carbocycles. The zero-order valence-electron chi connectivity index (χ0n) is 11.7. The molecule has 0 saturated carbocycles. The first kappa shape index (κ1) is 14.7. The van der Waals surface area contributed by atoms with Crippen molar-refractivity contribution in [1.29, 1.82) is 0 Å². The number of halogens is 2. The second-order valence-electron chi connectivity index (χ2n) is 4.93. The number of benzene rings is 2. The molecule has 0 saturated heterocycles. The van der Waals surface area contributed by atoms with Crippen LogP contribution in [0.5, 0.6) is 0 Å². The van der Waals surface area contributed by atoms with Gasteiger partial charge in [0.1, 0.15) is 11.6 Å². The average molecular weight is 275 g/mol. The third-order valence-electron chi connectivity index (χ3n) is 3.49. The van der Waals surface area contributed by atoms with Crippen molar-refractivity contribution in [2.45, 2.75) is 32.4 Å². The van der Waals surface area contributed by atoms with Gasteiger partial charge in [0.25, 0.3) is 0 Å². The molecular formula is C17H19F2N. The monoisotopic (exact) mass is 275 g/mol. The topological polar surface area (TPSA) is 12.0 Å². The van der Waals surface area contributed by atoms with Crippen LogP contribution in [0, 0.1) is 11.6 Å². The maximum Gasteiger partial charge on any atom is 0.127 e. The molecule has 2 atom stereocenters. The van der Waals surface area contributed by atoms with E-state index < -0.39 is 0 Å². The number of nitrogens with one attached hydrogen (secondary N) is 1. The Balaban J connectivity index is 2.16. The highest BCUT2D eigenvalue weighted by molar-refractivity contribution is 5.23. The van der Waals surface area contributed by atoms with E-state index in [9.17, 15) is 8.78 Å². The first-order chi connectivity index (χ1) is 9.61. The minimum Gasteiger partial charge on any atom is -0.303 e. The molecule has 0 radical (unpaired) electrons. The highest BCUT2D eigenvalue weighted by Gasteiger charge is 2.16. The van der Waals surface area contributed by atoms with Crippen LogP contribution in [0.1, 0.15) is 43.5 Å². The van der Waals surface area contributed by atoms with Gasteiger partial charge < -0.3 is 5.32 Å².